The Morgan fingerprint density at radius 2 is 2.33 bits per heavy atom. The van der Waals surface area contributed by atoms with Crippen LogP contribution in [-0.4, -0.2) is 27.5 Å². The quantitative estimate of drug-likeness (QED) is 0.825. The Kier molecular flexibility index (Phi) is 3.11. The zero-order valence-corrected chi connectivity index (χ0v) is 10.1. The fourth-order valence-corrected chi connectivity index (χ4v) is 4.16. The number of hydrogen-bond acceptors (Lipinski definition) is 4. The molecule has 6 heteroatoms. The molecule has 1 aliphatic heterocycles. The highest BCUT2D eigenvalue weighted by Crippen LogP contribution is 2.20. The van der Waals surface area contributed by atoms with Gasteiger partial charge in [0.2, 0.25) is 10.0 Å². The van der Waals surface area contributed by atoms with Crippen molar-refractivity contribution in [2.24, 2.45) is 0 Å². The maximum absolute atomic E-state index is 11.9. The minimum absolute atomic E-state index is 0.0393. The van der Waals surface area contributed by atoms with Crippen LogP contribution >= 0.6 is 11.3 Å². The van der Waals surface area contributed by atoms with Crippen LogP contribution in [0.15, 0.2) is 16.3 Å². The summed E-state index contributed by atoms with van der Waals surface area (Å²) in [6, 6.07) is 3.52. The molecule has 4 nitrogen and oxygen atoms in total. The lowest BCUT2D eigenvalue weighted by molar-refractivity contribution is 0.562. The van der Waals surface area contributed by atoms with Gasteiger partial charge in [-0.1, -0.05) is 0 Å². The lowest BCUT2D eigenvalue weighted by Crippen LogP contribution is -2.35. The van der Waals surface area contributed by atoms with Crippen LogP contribution in [0.1, 0.15) is 11.3 Å². The molecule has 0 saturated carbocycles. The molecule has 1 unspecified atom stereocenters. The molecule has 0 bridgehead atoms. The van der Waals surface area contributed by atoms with E-state index in [1.165, 1.54) is 11.3 Å². The van der Waals surface area contributed by atoms with Crippen LogP contribution < -0.4 is 10.0 Å². The largest absolute Gasteiger partial charge is 0.315 e. The number of sulfonamides is 1. The molecule has 2 rings (SSSR count). The molecule has 1 aromatic rings. The van der Waals surface area contributed by atoms with Gasteiger partial charge < -0.3 is 5.32 Å². The molecule has 0 aromatic carbocycles. The van der Waals surface area contributed by atoms with E-state index in [1.807, 2.05) is 13.0 Å². The fourth-order valence-electron chi connectivity index (χ4n) is 1.59. The van der Waals surface area contributed by atoms with Crippen molar-refractivity contribution in [2.45, 2.75) is 23.6 Å². The lowest BCUT2D eigenvalue weighted by atomic mass is 10.3. The minimum atomic E-state index is -3.29. The molecule has 1 atom stereocenters. The van der Waals surface area contributed by atoms with Gasteiger partial charge in [-0.05, 0) is 32.0 Å². The van der Waals surface area contributed by atoms with E-state index in [4.69, 9.17) is 0 Å². The summed E-state index contributed by atoms with van der Waals surface area (Å²) in [5.74, 6) is 0. The Hall–Kier alpha value is -0.430. The molecule has 84 valence electrons. The summed E-state index contributed by atoms with van der Waals surface area (Å²) in [7, 11) is -3.29. The van der Waals surface area contributed by atoms with Gasteiger partial charge in [-0.3, -0.25) is 0 Å². The van der Waals surface area contributed by atoms with Gasteiger partial charge in [0.25, 0.3) is 0 Å². The van der Waals surface area contributed by atoms with Crippen LogP contribution in [0.2, 0.25) is 0 Å². The average molecular weight is 246 g/mol. The first kappa shape index (κ1) is 11.1. The van der Waals surface area contributed by atoms with Gasteiger partial charge in [-0.15, -0.1) is 11.3 Å². The van der Waals surface area contributed by atoms with E-state index in [0.29, 0.717) is 4.21 Å². The topological polar surface area (TPSA) is 58.2 Å². The molecule has 1 aromatic heterocycles. The highest BCUT2D eigenvalue weighted by molar-refractivity contribution is 7.91. The SMILES string of the molecule is Cc1ccc(S(=O)(=O)NC2CCNC2)s1. The maximum Gasteiger partial charge on any atom is 0.250 e. The monoisotopic (exact) mass is 246 g/mol. The molecule has 1 aliphatic rings. The van der Waals surface area contributed by atoms with Gasteiger partial charge in [0, 0.05) is 17.5 Å². The smallest absolute Gasteiger partial charge is 0.250 e. The van der Waals surface area contributed by atoms with Crippen LogP contribution in [0.4, 0.5) is 0 Å². The third kappa shape index (κ3) is 2.57. The molecule has 0 radical (unpaired) electrons. The van der Waals surface area contributed by atoms with E-state index in [-0.39, 0.29) is 6.04 Å². The number of hydrogen-bond donors (Lipinski definition) is 2. The number of thiophene rings is 1. The first-order valence-corrected chi connectivity index (χ1v) is 7.17. The van der Waals surface area contributed by atoms with Crippen LogP contribution in [0.5, 0.6) is 0 Å². The molecule has 1 saturated heterocycles. The third-order valence-corrected chi connectivity index (χ3v) is 5.38. The van der Waals surface area contributed by atoms with E-state index in [9.17, 15) is 8.42 Å². The summed E-state index contributed by atoms with van der Waals surface area (Å²) in [6.07, 6.45) is 0.865. The van der Waals surface area contributed by atoms with Gasteiger partial charge in [-0.2, -0.15) is 0 Å². The highest BCUT2D eigenvalue weighted by atomic mass is 32.2. The van der Waals surface area contributed by atoms with E-state index in [2.05, 4.69) is 10.0 Å². The first-order valence-electron chi connectivity index (χ1n) is 4.87. The van der Waals surface area contributed by atoms with Gasteiger partial charge in [-0.25, -0.2) is 13.1 Å². The Morgan fingerprint density at radius 1 is 1.53 bits per heavy atom. The van der Waals surface area contributed by atoms with Crippen molar-refractivity contribution in [1.29, 1.82) is 0 Å². The van der Waals surface area contributed by atoms with Crippen molar-refractivity contribution < 1.29 is 8.42 Å². The minimum Gasteiger partial charge on any atom is -0.315 e. The zero-order chi connectivity index (χ0) is 10.9. The van der Waals surface area contributed by atoms with Crippen molar-refractivity contribution >= 4 is 21.4 Å². The van der Waals surface area contributed by atoms with E-state index < -0.39 is 10.0 Å². The normalized spacial score (nSPS) is 22.1. The van der Waals surface area contributed by atoms with Crippen LogP contribution in [0.25, 0.3) is 0 Å². The highest BCUT2D eigenvalue weighted by Gasteiger charge is 2.23. The molecule has 1 fully saturated rings. The van der Waals surface area contributed by atoms with E-state index >= 15 is 0 Å². The third-order valence-electron chi connectivity index (χ3n) is 2.36. The zero-order valence-electron chi connectivity index (χ0n) is 8.49. The number of nitrogens with one attached hydrogen (secondary N) is 2. The maximum atomic E-state index is 11.9. The second-order valence-electron chi connectivity index (χ2n) is 3.68. The molecule has 2 heterocycles. The van der Waals surface area contributed by atoms with E-state index in [0.717, 1.165) is 24.4 Å². The molecule has 0 spiro atoms. The van der Waals surface area contributed by atoms with Crippen LogP contribution in [-0.2, 0) is 10.0 Å². The fraction of sp³-hybridized carbons (Fsp3) is 0.556. The predicted molar refractivity (Wildman–Crippen MR) is 60.7 cm³/mol. The van der Waals surface area contributed by atoms with Gasteiger partial charge >= 0.3 is 0 Å². The Bertz CT molecular complexity index is 433. The van der Waals surface area contributed by atoms with Crippen molar-refractivity contribution in [3.05, 3.63) is 17.0 Å². The second kappa shape index (κ2) is 4.21. The summed E-state index contributed by atoms with van der Waals surface area (Å²) < 4.78 is 26.9. The van der Waals surface area contributed by atoms with Crippen molar-refractivity contribution in [3.8, 4) is 0 Å². The Labute approximate surface area is 93.8 Å². The Morgan fingerprint density at radius 3 is 2.87 bits per heavy atom. The van der Waals surface area contributed by atoms with Crippen LogP contribution in [0.3, 0.4) is 0 Å². The average Bonchev–Trinajstić information content (AvgIpc) is 2.75. The van der Waals surface area contributed by atoms with Gasteiger partial charge in [0.1, 0.15) is 4.21 Å². The van der Waals surface area contributed by atoms with Crippen molar-refractivity contribution in [2.75, 3.05) is 13.1 Å². The van der Waals surface area contributed by atoms with Crippen LogP contribution in [0, 0.1) is 6.92 Å². The summed E-state index contributed by atoms with van der Waals surface area (Å²) in [5, 5.41) is 3.13. The lowest BCUT2D eigenvalue weighted by Gasteiger charge is -2.10. The first-order chi connectivity index (χ1) is 7.08. The molecule has 15 heavy (non-hydrogen) atoms. The van der Waals surface area contributed by atoms with Gasteiger partial charge in [0.05, 0.1) is 0 Å². The van der Waals surface area contributed by atoms with Crippen molar-refractivity contribution in [3.63, 3.8) is 0 Å². The van der Waals surface area contributed by atoms with Gasteiger partial charge in [0.15, 0.2) is 0 Å². The molecule has 2 N–H and O–H groups in total. The molecule has 0 aliphatic carbocycles. The van der Waals surface area contributed by atoms with Crippen molar-refractivity contribution in [1.82, 2.24) is 10.0 Å². The predicted octanol–water partition coefficient (Wildman–Crippen LogP) is 0.697. The molecular formula is C9H14N2O2S2. The molecular weight excluding hydrogens is 232 g/mol. The Balaban J connectivity index is 2.12. The summed E-state index contributed by atoms with van der Waals surface area (Å²) in [4.78, 5) is 1.01. The number of aryl methyl sites for hydroxylation is 1. The molecule has 0 amide bonds. The summed E-state index contributed by atoms with van der Waals surface area (Å²) in [6.45, 7) is 3.51. The second-order valence-corrected chi connectivity index (χ2v) is 6.90. The van der Waals surface area contributed by atoms with E-state index in [1.54, 1.807) is 6.07 Å². The summed E-state index contributed by atoms with van der Waals surface area (Å²) in [5.41, 5.74) is 0. The summed E-state index contributed by atoms with van der Waals surface area (Å²) >= 11 is 1.31. The number of rotatable bonds is 3. The standard InChI is InChI=1S/C9H14N2O2S2/c1-7-2-3-9(14-7)15(12,13)11-8-4-5-10-6-8/h2-3,8,10-11H,4-6H2,1H3.